The summed E-state index contributed by atoms with van der Waals surface area (Å²) in [7, 11) is 0. The minimum Gasteiger partial charge on any atom is -0.506 e. The summed E-state index contributed by atoms with van der Waals surface area (Å²) in [5.74, 6) is 0.00941. The van der Waals surface area contributed by atoms with Crippen molar-refractivity contribution < 1.29 is 10.2 Å². The average Bonchev–Trinajstić information content (AvgIpc) is 2.42. The molecule has 0 fully saturated rings. The first-order chi connectivity index (χ1) is 9.08. The van der Waals surface area contributed by atoms with Crippen LogP contribution in [-0.4, -0.2) is 16.3 Å². The van der Waals surface area contributed by atoms with Gasteiger partial charge >= 0.3 is 0 Å². The quantitative estimate of drug-likeness (QED) is 0.812. The van der Waals surface area contributed by atoms with Gasteiger partial charge in [-0.2, -0.15) is 0 Å². The van der Waals surface area contributed by atoms with Crippen LogP contribution in [0.5, 0.6) is 5.75 Å². The lowest BCUT2D eigenvalue weighted by atomic mass is 9.97. The highest BCUT2D eigenvalue weighted by Crippen LogP contribution is 2.27. The van der Waals surface area contributed by atoms with Crippen molar-refractivity contribution in [1.82, 2.24) is 0 Å². The number of phenols is 1. The second-order valence-corrected chi connectivity index (χ2v) is 4.90. The molecular formula is C15H17Cl2NO2. The Balaban J connectivity index is 0.00000200. The van der Waals surface area contributed by atoms with Crippen LogP contribution >= 0.6 is 24.0 Å². The highest BCUT2D eigenvalue weighted by atomic mass is 35.5. The first kappa shape index (κ1) is 16.8. The van der Waals surface area contributed by atoms with E-state index in [0.29, 0.717) is 12.0 Å². The summed E-state index contributed by atoms with van der Waals surface area (Å²) in [5.41, 5.74) is 7.74. The van der Waals surface area contributed by atoms with E-state index in [1.807, 2.05) is 30.3 Å². The van der Waals surface area contributed by atoms with Crippen LogP contribution in [0.3, 0.4) is 0 Å². The van der Waals surface area contributed by atoms with Crippen molar-refractivity contribution >= 4 is 24.0 Å². The van der Waals surface area contributed by atoms with Crippen LogP contribution in [-0.2, 0) is 6.42 Å². The van der Waals surface area contributed by atoms with Gasteiger partial charge in [0.25, 0.3) is 0 Å². The number of hydrogen-bond donors (Lipinski definition) is 3. The van der Waals surface area contributed by atoms with Crippen LogP contribution in [0.4, 0.5) is 0 Å². The highest BCUT2D eigenvalue weighted by molar-refractivity contribution is 6.32. The predicted octanol–water partition coefficient (Wildman–Crippen LogP) is 3.07. The zero-order valence-electron chi connectivity index (χ0n) is 10.7. The van der Waals surface area contributed by atoms with Crippen molar-refractivity contribution in [3.8, 4) is 5.75 Å². The van der Waals surface area contributed by atoms with E-state index in [1.165, 1.54) is 6.07 Å². The molecule has 0 aromatic heterocycles. The molecule has 0 heterocycles. The van der Waals surface area contributed by atoms with Crippen molar-refractivity contribution in [3.05, 3.63) is 64.7 Å². The van der Waals surface area contributed by atoms with Crippen LogP contribution in [0.15, 0.2) is 48.5 Å². The Bertz CT molecular complexity index is 549. The molecule has 0 aliphatic rings. The van der Waals surface area contributed by atoms with Gasteiger partial charge in [0.1, 0.15) is 5.75 Å². The van der Waals surface area contributed by atoms with E-state index in [-0.39, 0.29) is 23.2 Å². The molecule has 4 N–H and O–H groups in total. The molecule has 2 aromatic rings. The number of hydrogen-bond acceptors (Lipinski definition) is 3. The molecule has 20 heavy (non-hydrogen) atoms. The number of aliphatic hydroxyl groups excluding tert-OH is 1. The molecule has 0 amide bonds. The lowest BCUT2D eigenvalue weighted by Crippen LogP contribution is -2.28. The Morgan fingerprint density at radius 2 is 1.75 bits per heavy atom. The van der Waals surface area contributed by atoms with E-state index in [0.717, 1.165) is 5.56 Å². The number of nitrogens with two attached hydrogens (primary N) is 1. The first-order valence-electron chi connectivity index (χ1n) is 6.04. The van der Waals surface area contributed by atoms with Gasteiger partial charge in [0, 0.05) is 6.42 Å². The van der Waals surface area contributed by atoms with Gasteiger partial charge in [-0.1, -0.05) is 48.0 Å². The standard InChI is InChI=1S/C15H16ClNO2.ClH/c16-12-9-11(6-7-13(12)18)15(17)14(19)8-10-4-2-1-3-5-10;/h1-7,9,14-15,18-19H,8,17H2;1H/t14-,15+;/m0./s1. The summed E-state index contributed by atoms with van der Waals surface area (Å²) in [6, 6.07) is 13.8. The second kappa shape index (κ2) is 7.50. The third-order valence-corrected chi connectivity index (χ3v) is 3.36. The summed E-state index contributed by atoms with van der Waals surface area (Å²) < 4.78 is 0. The van der Waals surface area contributed by atoms with E-state index in [2.05, 4.69) is 0 Å². The maximum absolute atomic E-state index is 10.2. The molecule has 0 radical (unpaired) electrons. The highest BCUT2D eigenvalue weighted by Gasteiger charge is 2.18. The normalized spacial score (nSPS) is 13.3. The van der Waals surface area contributed by atoms with Crippen LogP contribution in [0.2, 0.25) is 5.02 Å². The largest absolute Gasteiger partial charge is 0.506 e. The van der Waals surface area contributed by atoms with Crippen LogP contribution in [0.1, 0.15) is 17.2 Å². The topological polar surface area (TPSA) is 66.5 Å². The molecule has 3 nitrogen and oxygen atoms in total. The van der Waals surface area contributed by atoms with Gasteiger partial charge in [-0.05, 0) is 23.3 Å². The fourth-order valence-corrected chi connectivity index (χ4v) is 2.12. The van der Waals surface area contributed by atoms with Crippen molar-refractivity contribution in [2.75, 3.05) is 0 Å². The molecule has 0 aliphatic carbocycles. The molecule has 2 aromatic carbocycles. The molecule has 0 aliphatic heterocycles. The lowest BCUT2D eigenvalue weighted by Gasteiger charge is -2.19. The number of aliphatic hydroxyl groups is 1. The molecule has 5 heteroatoms. The summed E-state index contributed by atoms with van der Waals surface area (Å²) in [5, 5.41) is 19.8. The Morgan fingerprint density at radius 1 is 1.10 bits per heavy atom. The molecule has 2 atom stereocenters. The van der Waals surface area contributed by atoms with E-state index < -0.39 is 12.1 Å². The van der Waals surface area contributed by atoms with Crippen molar-refractivity contribution in [1.29, 1.82) is 0 Å². The smallest absolute Gasteiger partial charge is 0.134 e. The summed E-state index contributed by atoms with van der Waals surface area (Å²) >= 11 is 5.84. The minimum atomic E-state index is -0.706. The zero-order chi connectivity index (χ0) is 13.8. The zero-order valence-corrected chi connectivity index (χ0v) is 12.3. The number of benzene rings is 2. The number of phenolic OH excluding ortho intramolecular Hbond substituents is 1. The Morgan fingerprint density at radius 3 is 2.35 bits per heavy atom. The fourth-order valence-electron chi connectivity index (χ4n) is 1.94. The Hall–Kier alpha value is -1.26. The van der Waals surface area contributed by atoms with Crippen LogP contribution < -0.4 is 5.73 Å². The van der Waals surface area contributed by atoms with Crippen molar-refractivity contribution in [2.24, 2.45) is 5.73 Å². The van der Waals surface area contributed by atoms with E-state index >= 15 is 0 Å². The van der Waals surface area contributed by atoms with Gasteiger partial charge in [-0.15, -0.1) is 12.4 Å². The fraction of sp³-hybridized carbons (Fsp3) is 0.200. The van der Waals surface area contributed by atoms with Crippen molar-refractivity contribution in [2.45, 2.75) is 18.6 Å². The average molecular weight is 314 g/mol. The first-order valence-corrected chi connectivity index (χ1v) is 6.41. The molecule has 0 unspecified atom stereocenters. The summed E-state index contributed by atoms with van der Waals surface area (Å²) in [4.78, 5) is 0. The van der Waals surface area contributed by atoms with E-state index in [1.54, 1.807) is 12.1 Å². The van der Waals surface area contributed by atoms with Crippen LogP contribution in [0, 0.1) is 0 Å². The molecule has 0 bridgehead atoms. The van der Waals surface area contributed by atoms with E-state index in [9.17, 15) is 10.2 Å². The number of aromatic hydroxyl groups is 1. The molecule has 0 saturated carbocycles. The number of halogens is 2. The van der Waals surface area contributed by atoms with Gasteiger partial charge in [-0.25, -0.2) is 0 Å². The third kappa shape index (κ3) is 4.12. The Kier molecular flexibility index (Phi) is 6.30. The minimum absolute atomic E-state index is 0. The molecular weight excluding hydrogens is 297 g/mol. The summed E-state index contributed by atoms with van der Waals surface area (Å²) in [6.45, 7) is 0. The second-order valence-electron chi connectivity index (χ2n) is 4.49. The lowest BCUT2D eigenvalue weighted by molar-refractivity contribution is 0.145. The maximum atomic E-state index is 10.2. The molecule has 108 valence electrons. The molecule has 2 rings (SSSR count). The van der Waals surface area contributed by atoms with Gasteiger partial charge < -0.3 is 15.9 Å². The van der Waals surface area contributed by atoms with Crippen LogP contribution in [0.25, 0.3) is 0 Å². The number of rotatable bonds is 4. The predicted molar refractivity (Wildman–Crippen MR) is 83.4 cm³/mol. The Labute approximate surface area is 129 Å². The third-order valence-electron chi connectivity index (χ3n) is 3.06. The maximum Gasteiger partial charge on any atom is 0.134 e. The SMILES string of the molecule is Cl.N[C@H](c1ccc(O)c(Cl)c1)[C@@H](O)Cc1ccccc1. The molecule has 0 spiro atoms. The molecule has 0 saturated heterocycles. The van der Waals surface area contributed by atoms with Gasteiger partial charge in [-0.3, -0.25) is 0 Å². The monoisotopic (exact) mass is 313 g/mol. The van der Waals surface area contributed by atoms with Crippen molar-refractivity contribution in [3.63, 3.8) is 0 Å². The van der Waals surface area contributed by atoms with Gasteiger partial charge in [0.2, 0.25) is 0 Å². The van der Waals surface area contributed by atoms with E-state index in [4.69, 9.17) is 17.3 Å². The van der Waals surface area contributed by atoms with Gasteiger partial charge in [0.15, 0.2) is 0 Å². The van der Waals surface area contributed by atoms with Gasteiger partial charge in [0.05, 0.1) is 17.2 Å². The summed E-state index contributed by atoms with van der Waals surface area (Å²) in [6.07, 6.45) is -0.233.